The molecule has 0 unspecified atom stereocenters. The van der Waals surface area contributed by atoms with Crippen molar-refractivity contribution in [2.45, 2.75) is 24.4 Å². The monoisotopic (exact) mass is 387 g/mol. The fourth-order valence-corrected chi connectivity index (χ4v) is 2.67. The summed E-state index contributed by atoms with van der Waals surface area (Å²) in [6, 6.07) is 0. The molecule has 1 aliphatic heterocycles. The molecule has 0 saturated carbocycles. The van der Waals surface area contributed by atoms with Gasteiger partial charge in [-0.3, -0.25) is 4.57 Å². The van der Waals surface area contributed by atoms with Crippen LogP contribution in [0.5, 0.6) is 0 Å². The van der Waals surface area contributed by atoms with Crippen molar-refractivity contribution in [3.63, 3.8) is 0 Å². The number of hydrogen-bond acceptors (Lipinski definition) is 5. The van der Waals surface area contributed by atoms with E-state index in [4.69, 9.17) is 10.5 Å². The van der Waals surface area contributed by atoms with Gasteiger partial charge in [0.1, 0.15) is 11.8 Å². The minimum atomic E-state index is -1.54. The highest BCUT2D eigenvalue weighted by atomic mass is 127. The van der Waals surface area contributed by atoms with Crippen LogP contribution in [-0.2, 0) is 4.74 Å². The second-order valence-corrected chi connectivity index (χ2v) is 5.13. The van der Waals surface area contributed by atoms with Crippen molar-refractivity contribution in [2.24, 2.45) is 0 Å². The summed E-state index contributed by atoms with van der Waals surface area (Å²) in [6.07, 6.45) is -2.15. The van der Waals surface area contributed by atoms with Crippen LogP contribution in [0, 0.1) is 5.82 Å². The van der Waals surface area contributed by atoms with E-state index in [0.717, 1.165) is 10.8 Å². The molecule has 2 rings (SSSR count). The molecular formula is C10H12F2IN3O3. The van der Waals surface area contributed by atoms with Gasteiger partial charge in [0.2, 0.25) is 0 Å². The molecule has 1 saturated heterocycles. The van der Waals surface area contributed by atoms with Crippen LogP contribution in [0.2, 0.25) is 0 Å². The summed E-state index contributed by atoms with van der Waals surface area (Å²) < 4.78 is 33.8. The molecule has 0 aliphatic carbocycles. The standard InChI is InChI=1S/C10H12F2IN3O3/c11-5-1-10(3-13,4-17)19-8(5)16-2-6(12)7(14)15-9(16)18/h2,5,8,17H,1,3-4H2,(H2,14,15,18)/t5-,8+,10+/m0/s1. The average molecular weight is 387 g/mol. The van der Waals surface area contributed by atoms with E-state index in [9.17, 15) is 18.7 Å². The highest BCUT2D eigenvalue weighted by Gasteiger charge is 2.47. The van der Waals surface area contributed by atoms with Gasteiger partial charge in [-0.05, 0) is 0 Å². The summed E-state index contributed by atoms with van der Waals surface area (Å²) in [5.41, 5.74) is 3.19. The van der Waals surface area contributed by atoms with E-state index >= 15 is 0 Å². The number of ether oxygens (including phenoxy) is 1. The number of nitrogens with two attached hydrogens (primary N) is 1. The third kappa shape index (κ3) is 2.58. The number of halogens is 3. The third-order valence-electron chi connectivity index (χ3n) is 2.99. The maximum atomic E-state index is 14.0. The van der Waals surface area contributed by atoms with E-state index in [0.29, 0.717) is 4.43 Å². The Balaban J connectivity index is 2.38. The van der Waals surface area contributed by atoms with Crippen LogP contribution >= 0.6 is 22.6 Å². The van der Waals surface area contributed by atoms with Gasteiger partial charge >= 0.3 is 5.69 Å². The number of aromatic nitrogens is 2. The molecule has 1 aromatic rings. The number of anilines is 1. The lowest BCUT2D eigenvalue weighted by atomic mass is 10.0. The smallest absolute Gasteiger partial charge is 0.351 e. The number of hydrogen-bond donors (Lipinski definition) is 2. The number of aliphatic hydroxyl groups is 1. The molecule has 1 fully saturated rings. The van der Waals surface area contributed by atoms with Gasteiger partial charge in [0, 0.05) is 10.8 Å². The molecular weight excluding hydrogens is 375 g/mol. The molecule has 0 spiro atoms. The lowest BCUT2D eigenvalue weighted by molar-refractivity contribution is -0.0912. The van der Waals surface area contributed by atoms with Crippen LogP contribution in [0.4, 0.5) is 14.6 Å². The molecule has 0 aromatic carbocycles. The van der Waals surface area contributed by atoms with Crippen molar-refractivity contribution in [1.82, 2.24) is 9.55 Å². The molecule has 3 atom stereocenters. The van der Waals surface area contributed by atoms with Gasteiger partial charge in [-0.25, -0.2) is 13.6 Å². The van der Waals surface area contributed by atoms with Gasteiger partial charge < -0.3 is 15.6 Å². The summed E-state index contributed by atoms with van der Waals surface area (Å²) in [4.78, 5) is 14.9. The number of alkyl halides is 2. The molecule has 1 aliphatic rings. The lowest BCUT2D eigenvalue weighted by Gasteiger charge is -2.24. The molecule has 106 valence electrons. The number of nitrogens with zero attached hydrogens (tertiary/aromatic N) is 2. The maximum absolute atomic E-state index is 14.0. The van der Waals surface area contributed by atoms with E-state index < -0.39 is 35.3 Å². The Labute approximate surface area is 120 Å². The zero-order valence-corrected chi connectivity index (χ0v) is 11.9. The Bertz CT molecular complexity index is 535. The first kappa shape index (κ1) is 14.6. The van der Waals surface area contributed by atoms with E-state index in [-0.39, 0.29) is 13.0 Å². The zero-order chi connectivity index (χ0) is 14.2. The number of nitrogen functional groups attached to an aromatic ring is 1. The zero-order valence-electron chi connectivity index (χ0n) is 9.72. The fraction of sp³-hybridized carbons (Fsp3) is 0.600. The molecule has 0 amide bonds. The van der Waals surface area contributed by atoms with E-state index in [2.05, 4.69) is 4.98 Å². The quantitative estimate of drug-likeness (QED) is 0.579. The molecule has 9 heteroatoms. The van der Waals surface area contributed by atoms with Crippen LogP contribution in [0.3, 0.4) is 0 Å². The molecule has 19 heavy (non-hydrogen) atoms. The van der Waals surface area contributed by atoms with Crippen LogP contribution in [0.25, 0.3) is 0 Å². The van der Waals surface area contributed by atoms with Gasteiger partial charge in [-0.2, -0.15) is 4.98 Å². The summed E-state index contributed by atoms with van der Waals surface area (Å²) in [5.74, 6) is -1.47. The summed E-state index contributed by atoms with van der Waals surface area (Å²) in [6.45, 7) is -0.382. The molecule has 2 heterocycles. The first-order valence-corrected chi connectivity index (χ1v) is 6.98. The molecule has 3 N–H and O–H groups in total. The first-order valence-electron chi connectivity index (χ1n) is 5.45. The van der Waals surface area contributed by atoms with Crippen molar-refractivity contribution in [1.29, 1.82) is 0 Å². The van der Waals surface area contributed by atoms with Gasteiger partial charge in [-0.1, -0.05) is 22.6 Å². The van der Waals surface area contributed by atoms with E-state index in [1.807, 2.05) is 22.6 Å². The van der Waals surface area contributed by atoms with Crippen molar-refractivity contribution < 1.29 is 18.6 Å². The topological polar surface area (TPSA) is 90.4 Å². The largest absolute Gasteiger partial charge is 0.393 e. The second-order valence-electron chi connectivity index (χ2n) is 4.37. The predicted octanol–water partition coefficient (Wildman–Crippen LogP) is 0.388. The van der Waals surface area contributed by atoms with Crippen molar-refractivity contribution >= 4 is 28.4 Å². The Morgan fingerprint density at radius 2 is 2.42 bits per heavy atom. The van der Waals surface area contributed by atoms with Crippen molar-refractivity contribution in [3.8, 4) is 0 Å². The Morgan fingerprint density at radius 3 is 2.95 bits per heavy atom. The lowest BCUT2D eigenvalue weighted by Crippen LogP contribution is -2.36. The summed E-state index contributed by atoms with van der Waals surface area (Å²) in [7, 11) is 0. The highest BCUT2D eigenvalue weighted by Crippen LogP contribution is 2.39. The Morgan fingerprint density at radius 1 is 1.74 bits per heavy atom. The Hall–Kier alpha value is -0.810. The summed E-state index contributed by atoms with van der Waals surface area (Å²) in [5, 5.41) is 9.27. The van der Waals surface area contributed by atoms with Gasteiger partial charge in [0.15, 0.2) is 17.9 Å². The maximum Gasteiger partial charge on any atom is 0.351 e. The number of aliphatic hydroxyl groups excluding tert-OH is 1. The van der Waals surface area contributed by atoms with Gasteiger partial charge in [-0.15, -0.1) is 0 Å². The van der Waals surface area contributed by atoms with E-state index in [1.54, 1.807) is 0 Å². The van der Waals surface area contributed by atoms with E-state index in [1.165, 1.54) is 0 Å². The van der Waals surface area contributed by atoms with Crippen LogP contribution < -0.4 is 11.4 Å². The minimum Gasteiger partial charge on any atom is -0.393 e. The number of rotatable bonds is 3. The highest BCUT2D eigenvalue weighted by molar-refractivity contribution is 14.1. The molecule has 0 radical (unpaired) electrons. The Kier molecular flexibility index (Phi) is 4.06. The fourth-order valence-electron chi connectivity index (χ4n) is 1.94. The van der Waals surface area contributed by atoms with Crippen LogP contribution in [0.15, 0.2) is 11.0 Å². The van der Waals surface area contributed by atoms with Crippen LogP contribution in [-0.4, -0.2) is 37.5 Å². The SMILES string of the molecule is Nc1nc(=O)n([C@@H]2O[C@@](CO)(CI)C[C@@H]2F)cc1F. The van der Waals surface area contributed by atoms with Gasteiger partial charge in [0.05, 0.1) is 12.8 Å². The minimum absolute atomic E-state index is 0.0739. The van der Waals surface area contributed by atoms with Crippen molar-refractivity contribution in [2.75, 3.05) is 16.8 Å². The average Bonchev–Trinajstić information content (AvgIpc) is 2.72. The molecule has 0 bridgehead atoms. The third-order valence-corrected chi connectivity index (χ3v) is 4.38. The second kappa shape index (κ2) is 5.29. The van der Waals surface area contributed by atoms with Gasteiger partial charge in [0.25, 0.3) is 0 Å². The van der Waals surface area contributed by atoms with Crippen molar-refractivity contribution in [3.05, 3.63) is 22.5 Å². The molecule has 6 nitrogen and oxygen atoms in total. The first-order chi connectivity index (χ1) is 8.92. The summed E-state index contributed by atoms with van der Waals surface area (Å²) >= 11 is 1.95. The predicted molar refractivity (Wildman–Crippen MR) is 71.2 cm³/mol. The molecule has 1 aromatic heterocycles. The normalized spacial score (nSPS) is 30.7. The van der Waals surface area contributed by atoms with Crippen LogP contribution in [0.1, 0.15) is 12.6 Å².